The van der Waals surface area contributed by atoms with Gasteiger partial charge in [-0.2, -0.15) is 10.4 Å². The van der Waals surface area contributed by atoms with Gasteiger partial charge >= 0.3 is 0 Å². The maximum atomic E-state index is 12.4. The molecule has 2 aromatic rings. The molecule has 184 valence electrons. The maximum absolute atomic E-state index is 12.4. The summed E-state index contributed by atoms with van der Waals surface area (Å²) in [6.07, 6.45) is 3.63. The van der Waals surface area contributed by atoms with Gasteiger partial charge < -0.3 is 14.8 Å². The molecule has 0 unspecified atom stereocenters. The Balaban J connectivity index is 1.40. The Labute approximate surface area is 202 Å². The molecule has 0 bridgehead atoms. The second kappa shape index (κ2) is 13.1. The Morgan fingerprint density at radius 2 is 2.15 bits per heavy atom. The third kappa shape index (κ3) is 7.57. The van der Waals surface area contributed by atoms with Crippen molar-refractivity contribution in [1.82, 2.24) is 20.0 Å². The fourth-order valence-corrected chi connectivity index (χ4v) is 4.36. The van der Waals surface area contributed by atoms with E-state index in [9.17, 15) is 4.79 Å². The van der Waals surface area contributed by atoms with Crippen molar-refractivity contribution in [3.05, 3.63) is 46.8 Å². The Morgan fingerprint density at radius 1 is 1.35 bits per heavy atom. The van der Waals surface area contributed by atoms with Crippen LogP contribution in [-0.2, 0) is 29.0 Å². The molecule has 0 atom stereocenters. The van der Waals surface area contributed by atoms with E-state index >= 15 is 0 Å². The van der Waals surface area contributed by atoms with Crippen LogP contribution >= 0.6 is 0 Å². The maximum Gasteiger partial charge on any atom is 0.220 e. The lowest BCUT2D eigenvalue weighted by atomic mass is 10.1. The molecule has 8 nitrogen and oxygen atoms in total. The second-order valence-corrected chi connectivity index (χ2v) is 8.88. The highest BCUT2D eigenvalue weighted by atomic mass is 16.5. The topological polar surface area (TPSA) is 92.4 Å². The van der Waals surface area contributed by atoms with Gasteiger partial charge in [0.05, 0.1) is 24.7 Å². The fraction of sp³-hybridized carbons (Fsp3) is 0.577. The number of nitriles is 1. The number of aryl methyl sites for hydroxylation is 2. The van der Waals surface area contributed by atoms with Crippen molar-refractivity contribution in [3.8, 4) is 11.8 Å². The van der Waals surface area contributed by atoms with Crippen molar-refractivity contribution in [3.63, 3.8) is 0 Å². The van der Waals surface area contributed by atoms with Gasteiger partial charge in [0.1, 0.15) is 12.4 Å². The van der Waals surface area contributed by atoms with E-state index in [1.807, 2.05) is 42.8 Å². The zero-order valence-electron chi connectivity index (χ0n) is 20.7. The number of likely N-dealkylation sites (N-methyl/N-ethyl adjacent to an activating group) is 1. The van der Waals surface area contributed by atoms with E-state index in [0.29, 0.717) is 45.0 Å². The first-order valence-corrected chi connectivity index (χ1v) is 12.1. The molecule has 1 aromatic carbocycles. The minimum absolute atomic E-state index is 0.00739. The number of carbonyl (C=O) groups is 1. The van der Waals surface area contributed by atoms with Crippen LogP contribution in [0.3, 0.4) is 0 Å². The van der Waals surface area contributed by atoms with Crippen molar-refractivity contribution < 1.29 is 14.3 Å². The van der Waals surface area contributed by atoms with Gasteiger partial charge in [0.2, 0.25) is 5.91 Å². The van der Waals surface area contributed by atoms with Gasteiger partial charge in [0, 0.05) is 44.5 Å². The first-order chi connectivity index (χ1) is 16.5. The van der Waals surface area contributed by atoms with Crippen LogP contribution in [-0.4, -0.2) is 60.0 Å². The van der Waals surface area contributed by atoms with Crippen LogP contribution in [0.25, 0.3) is 0 Å². The third-order valence-electron chi connectivity index (χ3n) is 6.48. The van der Waals surface area contributed by atoms with E-state index in [-0.39, 0.29) is 5.91 Å². The van der Waals surface area contributed by atoms with E-state index in [0.717, 1.165) is 60.9 Å². The number of nitrogens with zero attached hydrogens (tertiary/aromatic N) is 4. The van der Waals surface area contributed by atoms with E-state index in [1.165, 1.54) is 0 Å². The average Bonchev–Trinajstić information content (AvgIpc) is 3.12. The molecule has 34 heavy (non-hydrogen) atoms. The molecular weight excluding hydrogens is 430 g/mol. The highest BCUT2D eigenvalue weighted by Crippen LogP contribution is 2.17. The first kappa shape index (κ1) is 25.7. The van der Waals surface area contributed by atoms with E-state index < -0.39 is 0 Å². The summed E-state index contributed by atoms with van der Waals surface area (Å²) in [5.74, 6) is 0.830. The third-order valence-corrected chi connectivity index (χ3v) is 6.48. The van der Waals surface area contributed by atoms with E-state index in [2.05, 4.69) is 28.4 Å². The van der Waals surface area contributed by atoms with Gasteiger partial charge in [0.25, 0.3) is 0 Å². The number of rotatable bonds is 12. The molecule has 0 aliphatic carbocycles. The van der Waals surface area contributed by atoms with Crippen LogP contribution in [0.4, 0.5) is 0 Å². The van der Waals surface area contributed by atoms with E-state index in [4.69, 9.17) is 14.7 Å². The van der Waals surface area contributed by atoms with Gasteiger partial charge in [-0.15, -0.1) is 0 Å². The van der Waals surface area contributed by atoms with Crippen LogP contribution in [0.2, 0.25) is 0 Å². The lowest BCUT2D eigenvalue weighted by Crippen LogP contribution is -2.38. The lowest BCUT2D eigenvalue weighted by molar-refractivity contribution is -0.121. The van der Waals surface area contributed by atoms with Crippen LogP contribution in [0, 0.1) is 25.2 Å². The minimum atomic E-state index is 0.00739. The Hall–Kier alpha value is -2.89. The minimum Gasteiger partial charge on any atom is -0.492 e. The fourth-order valence-electron chi connectivity index (χ4n) is 4.36. The normalized spacial score (nSPS) is 14.2. The zero-order valence-corrected chi connectivity index (χ0v) is 20.7. The van der Waals surface area contributed by atoms with Gasteiger partial charge in [0.15, 0.2) is 0 Å². The largest absolute Gasteiger partial charge is 0.492 e. The molecule has 1 aliphatic heterocycles. The monoisotopic (exact) mass is 467 g/mol. The number of carbonyl (C=O) groups excluding carboxylic acids is 1. The highest BCUT2D eigenvalue weighted by molar-refractivity contribution is 5.76. The number of benzene rings is 1. The van der Waals surface area contributed by atoms with Crippen LogP contribution in [0.1, 0.15) is 48.2 Å². The molecule has 0 radical (unpaired) electrons. The quantitative estimate of drug-likeness (QED) is 0.516. The number of nitrogens with one attached hydrogen (secondary N) is 1. The number of hydrogen-bond acceptors (Lipinski definition) is 6. The van der Waals surface area contributed by atoms with E-state index in [1.54, 1.807) is 0 Å². The summed E-state index contributed by atoms with van der Waals surface area (Å²) in [5.41, 5.74) is 4.07. The highest BCUT2D eigenvalue weighted by Gasteiger charge is 2.18. The molecule has 1 aliphatic rings. The summed E-state index contributed by atoms with van der Waals surface area (Å²) in [6, 6.07) is 10.6. The van der Waals surface area contributed by atoms with Gasteiger partial charge in [-0.25, -0.2) is 0 Å². The van der Waals surface area contributed by atoms with Crippen molar-refractivity contribution in [1.29, 1.82) is 5.26 Å². The Bertz CT molecular complexity index is 975. The molecule has 3 rings (SSSR count). The summed E-state index contributed by atoms with van der Waals surface area (Å²) >= 11 is 0. The summed E-state index contributed by atoms with van der Waals surface area (Å²) in [4.78, 5) is 14.8. The molecule has 1 saturated heterocycles. The summed E-state index contributed by atoms with van der Waals surface area (Å²) in [6.45, 7) is 8.19. The molecule has 1 fully saturated rings. The average molecular weight is 468 g/mol. The van der Waals surface area contributed by atoms with Crippen molar-refractivity contribution in [2.75, 3.05) is 33.4 Å². The number of aromatic nitrogens is 2. The van der Waals surface area contributed by atoms with Crippen LogP contribution < -0.4 is 10.1 Å². The van der Waals surface area contributed by atoms with Crippen LogP contribution in [0.15, 0.2) is 24.3 Å². The predicted molar refractivity (Wildman–Crippen MR) is 131 cm³/mol. The Morgan fingerprint density at radius 3 is 2.91 bits per heavy atom. The Kier molecular flexibility index (Phi) is 9.92. The summed E-state index contributed by atoms with van der Waals surface area (Å²) in [5, 5.41) is 16.3. The number of amides is 1. The summed E-state index contributed by atoms with van der Waals surface area (Å²) < 4.78 is 13.3. The molecule has 1 N–H and O–H groups in total. The first-order valence-electron chi connectivity index (χ1n) is 12.1. The summed E-state index contributed by atoms with van der Waals surface area (Å²) in [7, 11) is 2.14. The van der Waals surface area contributed by atoms with Gasteiger partial charge in [-0.05, 0) is 63.4 Å². The molecule has 1 amide bonds. The van der Waals surface area contributed by atoms with Crippen LogP contribution in [0.5, 0.6) is 5.75 Å². The second-order valence-electron chi connectivity index (χ2n) is 8.88. The number of hydrogen-bond donors (Lipinski definition) is 1. The smallest absolute Gasteiger partial charge is 0.220 e. The molecular formula is C26H37N5O3. The van der Waals surface area contributed by atoms with Gasteiger partial charge in [-0.1, -0.05) is 12.1 Å². The molecule has 8 heteroatoms. The van der Waals surface area contributed by atoms with Gasteiger partial charge in [-0.3, -0.25) is 14.4 Å². The zero-order chi connectivity index (χ0) is 24.3. The predicted octanol–water partition coefficient (Wildman–Crippen LogP) is 3.15. The molecule has 1 aromatic heterocycles. The molecule has 0 saturated carbocycles. The number of ether oxygens (including phenoxy) is 2. The molecule has 0 spiro atoms. The molecule has 2 heterocycles. The van der Waals surface area contributed by atoms with Crippen molar-refractivity contribution >= 4 is 5.91 Å². The lowest BCUT2D eigenvalue weighted by Gasteiger charge is -2.31. The van der Waals surface area contributed by atoms with Crippen molar-refractivity contribution in [2.45, 2.75) is 65.1 Å². The SMILES string of the molecule is Cc1nn(CCC#N)c(C)c1CCC(=O)NCc1cccc(OCCN(C)C2CCOCC2)c1. The standard InChI is InChI=1S/C26H37N5O3/c1-20-25(21(2)31(29-20)13-5-12-27)8-9-26(32)28-19-22-6-4-7-24(18-22)34-17-14-30(3)23-10-15-33-16-11-23/h4,6-7,18,23H,5,8-11,13-17,19H2,1-3H3,(H,28,32). The van der Waals surface area contributed by atoms with Crippen molar-refractivity contribution in [2.24, 2.45) is 0 Å².